The Kier molecular flexibility index (Phi) is 5.06. The predicted molar refractivity (Wildman–Crippen MR) is 91.9 cm³/mol. The van der Waals surface area contributed by atoms with Gasteiger partial charge in [-0.05, 0) is 18.4 Å². The zero-order valence-electron chi connectivity index (χ0n) is 14.4. The van der Waals surface area contributed by atoms with Crippen LogP contribution in [0, 0.1) is 11.8 Å². The summed E-state index contributed by atoms with van der Waals surface area (Å²) in [5, 5.41) is 9.57. The monoisotopic (exact) mass is 344 g/mol. The Balaban J connectivity index is 1.68. The van der Waals surface area contributed by atoms with E-state index in [0.717, 1.165) is 5.56 Å². The fourth-order valence-electron chi connectivity index (χ4n) is 3.97. The van der Waals surface area contributed by atoms with E-state index in [2.05, 4.69) is 0 Å². The molecule has 2 heterocycles. The molecule has 25 heavy (non-hydrogen) atoms. The lowest BCUT2D eigenvalue weighted by atomic mass is 9.89. The maximum absolute atomic E-state index is 12.9. The fourth-order valence-corrected chi connectivity index (χ4v) is 3.97. The number of aliphatic carboxylic acids is 1. The molecule has 1 aromatic carbocycles. The van der Waals surface area contributed by atoms with Crippen molar-refractivity contribution in [1.82, 2.24) is 9.80 Å². The summed E-state index contributed by atoms with van der Waals surface area (Å²) in [6.45, 7) is 3.46. The molecule has 0 aromatic heterocycles. The lowest BCUT2D eigenvalue weighted by Gasteiger charge is -2.32. The lowest BCUT2D eigenvalue weighted by Crippen LogP contribution is -2.43. The summed E-state index contributed by atoms with van der Waals surface area (Å²) in [7, 11) is 0. The third kappa shape index (κ3) is 3.67. The number of carbonyl (C=O) groups is 3. The maximum atomic E-state index is 12.9. The number of likely N-dealkylation sites (tertiary alicyclic amines) is 2. The Bertz CT molecular complexity index is 653. The molecule has 0 spiro atoms. The first-order valence-electron chi connectivity index (χ1n) is 8.79. The van der Waals surface area contributed by atoms with E-state index < -0.39 is 11.9 Å². The van der Waals surface area contributed by atoms with Crippen LogP contribution in [-0.4, -0.2) is 58.9 Å². The molecule has 6 heteroatoms. The molecule has 0 aliphatic carbocycles. The molecular formula is C19H24N2O4. The summed E-state index contributed by atoms with van der Waals surface area (Å²) < 4.78 is 0. The number of rotatable bonds is 3. The van der Waals surface area contributed by atoms with Crippen LogP contribution in [0.1, 0.15) is 31.2 Å². The molecule has 3 rings (SSSR count). The van der Waals surface area contributed by atoms with Gasteiger partial charge in [0.2, 0.25) is 11.8 Å². The summed E-state index contributed by atoms with van der Waals surface area (Å²) >= 11 is 0. The average molecular weight is 344 g/mol. The van der Waals surface area contributed by atoms with Crippen molar-refractivity contribution in [3.63, 3.8) is 0 Å². The van der Waals surface area contributed by atoms with E-state index >= 15 is 0 Å². The molecule has 2 saturated heterocycles. The third-order valence-corrected chi connectivity index (χ3v) is 5.47. The van der Waals surface area contributed by atoms with Crippen molar-refractivity contribution in [2.45, 2.75) is 25.7 Å². The Morgan fingerprint density at radius 2 is 1.64 bits per heavy atom. The summed E-state index contributed by atoms with van der Waals surface area (Å²) in [5.41, 5.74) is 0.969. The molecule has 2 fully saturated rings. The average Bonchev–Trinajstić information content (AvgIpc) is 3.07. The van der Waals surface area contributed by atoms with Crippen LogP contribution in [0.25, 0.3) is 0 Å². The van der Waals surface area contributed by atoms with E-state index in [1.807, 2.05) is 30.3 Å². The van der Waals surface area contributed by atoms with Crippen molar-refractivity contribution in [2.24, 2.45) is 11.8 Å². The van der Waals surface area contributed by atoms with Crippen molar-refractivity contribution in [3.8, 4) is 0 Å². The Morgan fingerprint density at radius 1 is 1.00 bits per heavy atom. The Hall–Kier alpha value is -2.37. The first-order chi connectivity index (χ1) is 12.0. The molecule has 0 radical (unpaired) electrons. The second kappa shape index (κ2) is 7.25. The standard InChI is InChI=1S/C19H24N2O4/c1-13(22)20-9-7-15(8-10-20)18(23)21-11-16(17(12-21)19(24)25)14-5-3-2-4-6-14/h2-6,15-17H,7-12H2,1H3,(H,24,25)/t16-,17-/m0/s1. The number of carboxylic acid groups (broad SMARTS) is 1. The molecule has 2 amide bonds. The number of piperidine rings is 1. The van der Waals surface area contributed by atoms with E-state index in [0.29, 0.717) is 32.5 Å². The van der Waals surface area contributed by atoms with Crippen LogP contribution >= 0.6 is 0 Å². The molecule has 0 saturated carbocycles. The van der Waals surface area contributed by atoms with Gasteiger partial charge in [-0.15, -0.1) is 0 Å². The van der Waals surface area contributed by atoms with Gasteiger partial charge in [-0.25, -0.2) is 0 Å². The predicted octanol–water partition coefficient (Wildman–Crippen LogP) is 1.57. The number of amides is 2. The highest BCUT2D eigenvalue weighted by molar-refractivity contribution is 5.82. The molecule has 1 N–H and O–H groups in total. The van der Waals surface area contributed by atoms with E-state index in [1.54, 1.807) is 16.7 Å². The number of nitrogens with zero attached hydrogens (tertiary/aromatic N) is 2. The normalized spacial score (nSPS) is 24.4. The van der Waals surface area contributed by atoms with Gasteiger partial charge in [0.1, 0.15) is 0 Å². The quantitative estimate of drug-likeness (QED) is 0.903. The minimum atomic E-state index is -0.851. The van der Waals surface area contributed by atoms with Crippen LogP contribution in [0.15, 0.2) is 30.3 Å². The van der Waals surface area contributed by atoms with E-state index in [4.69, 9.17) is 0 Å². The maximum Gasteiger partial charge on any atom is 0.308 e. The first-order valence-corrected chi connectivity index (χ1v) is 8.79. The van der Waals surface area contributed by atoms with Crippen molar-refractivity contribution in [3.05, 3.63) is 35.9 Å². The molecule has 1 aromatic rings. The van der Waals surface area contributed by atoms with Gasteiger partial charge in [-0.3, -0.25) is 14.4 Å². The number of carboxylic acids is 1. The van der Waals surface area contributed by atoms with Crippen LogP contribution in [0.3, 0.4) is 0 Å². The molecule has 2 aliphatic rings. The minimum absolute atomic E-state index is 0.0351. The van der Waals surface area contributed by atoms with Crippen LogP contribution in [-0.2, 0) is 14.4 Å². The number of hydrogen-bond acceptors (Lipinski definition) is 3. The van der Waals surface area contributed by atoms with Crippen LogP contribution in [0.2, 0.25) is 0 Å². The van der Waals surface area contributed by atoms with Crippen LogP contribution in [0.4, 0.5) is 0 Å². The van der Waals surface area contributed by atoms with E-state index in [-0.39, 0.29) is 30.2 Å². The van der Waals surface area contributed by atoms with Gasteiger partial charge >= 0.3 is 5.97 Å². The van der Waals surface area contributed by atoms with Crippen molar-refractivity contribution < 1.29 is 19.5 Å². The second-order valence-electron chi connectivity index (χ2n) is 6.99. The molecule has 134 valence electrons. The third-order valence-electron chi connectivity index (χ3n) is 5.47. The fraction of sp³-hybridized carbons (Fsp3) is 0.526. The number of benzene rings is 1. The van der Waals surface area contributed by atoms with Crippen molar-refractivity contribution >= 4 is 17.8 Å². The highest BCUT2D eigenvalue weighted by Gasteiger charge is 2.42. The highest BCUT2D eigenvalue weighted by atomic mass is 16.4. The minimum Gasteiger partial charge on any atom is -0.481 e. The Morgan fingerprint density at radius 3 is 2.20 bits per heavy atom. The van der Waals surface area contributed by atoms with Gasteiger partial charge in [-0.1, -0.05) is 30.3 Å². The summed E-state index contributed by atoms with van der Waals surface area (Å²) in [6.07, 6.45) is 1.31. The lowest BCUT2D eigenvalue weighted by molar-refractivity contribution is -0.143. The zero-order chi connectivity index (χ0) is 18.0. The zero-order valence-corrected chi connectivity index (χ0v) is 14.4. The molecule has 6 nitrogen and oxygen atoms in total. The molecule has 2 aliphatic heterocycles. The summed E-state index contributed by atoms with van der Waals surface area (Å²) in [6, 6.07) is 9.56. The molecule has 0 unspecified atom stereocenters. The highest BCUT2D eigenvalue weighted by Crippen LogP contribution is 2.34. The van der Waals surface area contributed by atoms with E-state index in [9.17, 15) is 19.5 Å². The molecule has 0 bridgehead atoms. The smallest absolute Gasteiger partial charge is 0.308 e. The van der Waals surface area contributed by atoms with Gasteiger partial charge < -0.3 is 14.9 Å². The largest absolute Gasteiger partial charge is 0.481 e. The number of hydrogen-bond donors (Lipinski definition) is 1. The SMILES string of the molecule is CC(=O)N1CCC(C(=O)N2C[C@H](C(=O)O)[C@H](c3ccccc3)C2)CC1. The van der Waals surface area contributed by atoms with Gasteiger partial charge in [-0.2, -0.15) is 0 Å². The Labute approximate surface area is 147 Å². The van der Waals surface area contributed by atoms with Gasteiger partial charge in [0.15, 0.2) is 0 Å². The van der Waals surface area contributed by atoms with Gasteiger partial charge in [0.05, 0.1) is 5.92 Å². The van der Waals surface area contributed by atoms with Gasteiger partial charge in [0, 0.05) is 44.9 Å². The van der Waals surface area contributed by atoms with Crippen molar-refractivity contribution in [2.75, 3.05) is 26.2 Å². The van der Waals surface area contributed by atoms with Crippen molar-refractivity contribution in [1.29, 1.82) is 0 Å². The summed E-state index contributed by atoms with van der Waals surface area (Å²) in [4.78, 5) is 39.4. The summed E-state index contributed by atoms with van der Waals surface area (Å²) in [5.74, 6) is -1.62. The topological polar surface area (TPSA) is 77.9 Å². The molecule has 2 atom stereocenters. The molecular weight excluding hydrogens is 320 g/mol. The van der Waals surface area contributed by atoms with Gasteiger partial charge in [0.25, 0.3) is 0 Å². The second-order valence-corrected chi connectivity index (χ2v) is 6.99. The van der Waals surface area contributed by atoms with E-state index in [1.165, 1.54) is 0 Å². The van der Waals surface area contributed by atoms with Crippen LogP contribution < -0.4 is 0 Å². The van der Waals surface area contributed by atoms with Crippen LogP contribution in [0.5, 0.6) is 0 Å². The first kappa shape index (κ1) is 17.5. The number of carbonyl (C=O) groups excluding carboxylic acids is 2.